The standard InChI is InChI=1S/C13H20BrNO2/c1-13(2,8-15-3)9-17-12-6-5-10(16-4)7-11(12)14/h5-7,15H,8-9H2,1-4H3. The van der Waals surface area contributed by atoms with E-state index in [0.29, 0.717) is 6.61 Å². The summed E-state index contributed by atoms with van der Waals surface area (Å²) in [7, 11) is 3.60. The Morgan fingerprint density at radius 3 is 2.59 bits per heavy atom. The highest BCUT2D eigenvalue weighted by Gasteiger charge is 2.18. The highest BCUT2D eigenvalue weighted by molar-refractivity contribution is 9.10. The van der Waals surface area contributed by atoms with Crippen molar-refractivity contribution in [3.05, 3.63) is 22.7 Å². The first-order valence-electron chi connectivity index (χ1n) is 5.59. The lowest BCUT2D eigenvalue weighted by molar-refractivity contribution is 0.178. The van der Waals surface area contributed by atoms with Gasteiger partial charge in [0, 0.05) is 12.0 Å². The number of hydrogen-bond donors (Lipinski definition) is 1. The zero-order valence-corrected chi connectivity index (χ0v) is 12.4. The van der Waals surface area contributed by atoms with Gasteiger partial charge in [0.25, 0.3) is 0 Å². The van der Waals surface area contributed by atoms with E-state index in [9.17, 15) is 0 Å². The molecule has 0 aliphatic rings. The molecule has 1 N–H and O–H groups in total. The molecule has 0 fully saturated rings. The van der Waals surface area contributed by atoms with E-state index in [1.165, 1.54) is 0 Å². The molecule has 0 spiro atoms. The molecule has 4 heteroatoms. The van der Waals surface area contributed by atoms with Crippen LogP contribution in [-0.4, -0.2) is 27.3 Å². The number of nitrogens with one attached hydrogen (secondary N) is 1. The van der Waals surface area contributed by atoms with Crippen molar-refractivity contribution in [2.45, 2.75) is 13.8 Å². The molecule has 0 saturated heterocycles. The van der Waals surface area contributed by atoms with Crippen LogP contribution in [0.1, 0.15) is 13.8 Å². The molecule has 0 aromatic heterocycles. The zero-order valence-electron chi connectivity index (χ0n) is 10.8. The Hall–Kier alpha value is -0.740. The third kappa shape index (κ3) is 4.56. The summed E-state index contributed by atoms with van der Waals surface area (Å²) in [5.41, 5.74) is 0.105. The second-order valence-electron chi connectivity index (χ2n) is 4.78. The van der Waals surface area contributed by atoms with Crippen LogP contribution in [0.25, 0.3) is 0 Å². The van der Waals surface area contributed by atoms with Crippen molar-refractivity contribution in [3.63, 3.8) is 0 Å². The van der Waals surface area contributed by atoms with Crippen LogP contribution in [0.4, 0.5) is 0 Å². The van der Waals surface area contributed by atoms with Crippen LogP contribution < -0.4 is 14.8 Å². The van der Waals surface area contributed by atoms with Gasteiger partial charge in [-0.05, 0) is 41.2 Å². The minimum atomic E-state index is 0.105. The first-order chi connectivity index (χ1) is 7.98. The van der Waals surface area contributed by atoms with Crippen LogP contribution in [0, 0.1) is 5.41 Å². The summed E-state index contributed by atoms with van der Waals surface area (Å²) >= 11 is 3.47. The molecule has 0 heterocycles. The average Bonchev–Trinajstić information content (AvgIpc) is 2.27. The molecule has 96 valence electrons. The Morgan fingerprint density at radius 2 is 2.06 bits per heavy atom. The highest BCUT2D eigenvalue weighted by Crippen LogP contribution is 2.30. The summed E-state index contributed by atoms with van der Waals surface area (Å²) in [6, 6.07) is 5.71. The van der Waals surface area contributed by atoms with E-state index in [4.69, 9.17) is 9.47 Å². The normalized spacial score (nSPS) is 11.4. The summed E-state index contributed by atoms with van der Waals surface area (Å²) in [6.07, 6.45) is 0. The van der Waals surface area contributed by atoms with E-state index >= 15 is 0 Å². The van der Waals surface area contributed by atoms with Gasteiger partial charge in [0.1, 0.15) is 11.5 Å². The highest BCUT2D eigenvalue weighted by atomic mass is 79.9. The van der Waals surface area contributed by atoms with Gasteiger partial charge in [-0.2, -0.15) is 0 Å². The Balaban J connectivity index is 2.63. The summed E-state index contributed by atoms with van der Waals surface area (Å²) in [5, 5.41) is 3.17. The second-order valence-corrected chi connectivity index (χ2v) is 5.63. The first kappa shape index (κ1) is 14.3. The zero-order chi connectivity index (χ0) is 12.9. The number of ether oxygens (including phenoxy) is 2. The number of methoxy groups -OCH3 is 1. The fourth-order valence-corrected chi connectivity index (χ4v) is 2.00. The summed E-state index contributed by atoms with van der Waals surface area (Å²) in [6.45, 7) is 5.92. The van der Waals surface area contributed by atoms with E-state index < -0.39 is 0 Å². The van der Waals surface area contributed by atoms with E-state index in [0.717, 1.165) is 22.5 Å². The predicted octanol–water partition coefficient (Wildman–Crippen LogP) is 3.08. The molecular weight excluding hydrogens is 282 g/mol. The second kappa shape index (κ2) is 6.26. The lowest BCUT2D eigenvalue weighted by atomic mass is 9.95. The van der Waals surface area contributed by atoms with Crippen molar-refractivity contribution in [1.82, 2.24) is 5.32 Å². The molecule has 0 bridgehead atoms. The van der Waals surface area contributed by atoms with Crippen molar-refractivity contribution in [1.29, 1.82) is 0 Å². The minimum Gasteiger partial charge on any atom is -0.497 e. The van der Waals surface area contributed by atoms with Gasteiger partial charge in [-0.3, -0.25) is 0 Å². The van der Waals surface area contributed by atoms with E-state index in [1.807, 2.05) is 25.2 Å². The van der Waals surface area contributed by atoms with Crippen molar-refractivity contribution >= 4 is 15.9 Å². The van der Waals surface area contributed by atoms with Crippen LogP contribution in [0.15, 0.2) is 22.7 Å². The molecule has 17 heavy (non-hydrogen) atoms. The van der Waals surface area contributed by atoms with Crippen molar-refractivity contribution in [2.24, 2.45) is 5.41 Å². The topological polar surface area (TPSA) is 30.5 Å². The van der Waals surface area contributed by atoms with Crippen LogP contribution in [0.2, 0.25) is 0 Å². The van der Waals surface area contributed by atoms with Crippen LogP contribution in [0.5, 0.6) is 11.5 Å². The summed E-state index contributed by atoms with van der Waals surface area (Å²) < 4.78 is 11.9. The quantitative estimate of drug-likeness (QED) is 0.876. The molecule has 0 amide bonds. The summed E-state index contributed by atoms with van der Waals surface area (Å²) in [5.74, 6) is 1.66. The fraction of sp³-hybridized carbons (Fsp3) is 0.538. The molecule has 0 radical (unpaired) electrons. The molecule has 0 aliphatic heterocycles. The smallest absolute Gasteiger partial charge is 0.133 e. The van der Waals surface area contributed by atoms with Gasteiger partial charge in [0.05, 0.1) is 18.2 Å². The monoisotopic (exact) mass is 301 g/mol. The number of hydrogen-bond acceptors (Lipinski definition) is 3. The number of halogens is 1. The largest absolute Gasteiger partial charge is 0.497 e. The van der Waals surface area contributed by atoms with Gasteiger partial charge in [-0.25, -0.2) is 0 Å². The van der Waals surface area contributed by atoms with Crippen molar-refractivity contribution in [2.75, 3.05) is 27.3 Å². The minimum absolute atomic E-state index is 0.105. The molecular formula is C13H20BrNO2. The third-order valence-electron chi connectivity index (χ3n) is 2.41. The van der Waals surface area contributed by atoms with Crippen molar-refractivity contribution < 1.29 is 9.47 Å². The fourth-order valence-electron chi connectivity index (χ4n) is 1.53. The van der Waals surface area contributed by atoms with Gasteiger partial charge in [-0.15, -0.1) is 0 Å². The van der Waals surface area contributed by atoms with Crippen LogP contribution in [-0.2, 0) is 0 Å². The molecule has 1 aromatic carbocycles. The van der Waals surface area contributed by atoms with E-state index in [-0.39, 0.29) is 5.41 Å². The van der Waals surface area contributed by atoms with Gasteiger partial charge in [-0.1, -0.05) is 13.8 Å². The van der Waals surface area contributed by atoms with Crippen LogP contribution >= 0.6 is 15.9 Å². The Kier molecular flexibility index (Phi) is 5.28. The molecule has 0 aliphatic carbocycles. The Morgan fingerprint density at radius 1 is 1.35 bits per heavy atom. The number of rotatable bonds is 6. The Labute approximate surface area is 112 Å². The summed E-state index contributed by atoms with van der Waals surface area (Å²) in [4.78, 5) is 0. The van der Waals surface area contributed by atoms with Crippen LogP contribution in [0.3, 0.4) is 0 Å². The maximum Gasteiger partial charge on any atom is 0.133 e. The van der Waals surface area contributed by atoms with Gasteiger partial charge in [0.15, 0.2) is 0 Å². The van der Waals surface area contributed by atoms with Gasteiger partial charge < -0.3 is 14.8 Å². The maximum atomic E-state index is 5.81. The number of benzene rings is 1. The predicted molar refractivity (Wildman–Crippen MR) is 73.9 cm³/mol. The molecule has 0 atom stereocenters. The first-order valence-corrected chi connectivity index (χ1v) is 6.39. The SMILES string of the molecule is CNCC(C)(C)COc1ccc(OC)cc1Br. The van der Waals surface area contributed by atoms with Crippen molar-refractivity contribution in [3.8, 4) is 11.5 Å². The average molecular weight is 302 g/mol. The molecule has 0 saturated carbocycles. The third-order valence-corrected chi connectivity index (χ3v) is 3.03. The molecule has 1 aromatic rings. The van der Waals surface area contributed by atoms with E-state index in [2.05, 4.69) is 35.1 Å². The van der Waals surface area contributed by atoms with E-state index in [1.54, 1.807) is 7.11 Å². The molecule has 0 unspecified atom stereocenters. The Bertz CT molecular complexity index is 366. The lowest BCUT2D eigenvalue weighted by Gasteiger charge is -2.24. The molecule has 3 nitrogen and oxygen atoms in total. The van der Waals surface area contributed by atoms with Gasteiger partial charge >= 0.3 is 0 Å². The molecule has 1 rings (SSSR count). The lowest BCUT2D eigenvalue weighted by Crippen LogP contribution is -2.32. The van der Waals surface area contributed by atoms with Gasteiger partial charge in [0.2, 0.25) is 0 Å². The maximum absolute atomic E-state index is 5.81.